The lowest BCUT2D eigenvalue weighted by molar-refractivity contribution is 0.210. The smallest absolute Gasteiger partial charge is 0.122 e. The van der Waals surface area contributed by atoms with Crippen molar-refractivity contribution in [1.29, 1.82) is 0 Å². The summed E-state index contributed by atoms with van der Waals surface area (Å²) >= 11 is 0. The molecule has 0 spiro atoms. The van der Waals surface area contributed by atoms with Gasteiger partial charge in [-0.25, -0.2) is 0 Å². The van der Waals surface area contributed by atoms with Crippen molar-refractivity contribution < 1.29 is 9.84 Å². The fourth-order valence-corrected chi connectivity index (χ4v) is 1.83. The van der Waals surface area contributed by atoms with Crippen LogP contribution in [0.15, 0.2) is 18.2 Å². The van der Waals surface area contributed by atoms with Crippen molar-refractivity contribution in [2.45, 2.75) is 32.1 Å². The summed E-state index contributed by atoms with van der Waals surface area (Å²) in [5.74, 6) is 1.27. The average molecular weight is 237 g/mol. The molecule has 0 aliphatic rings. The monoisotopic (exact) mass is 237 g/mol. The van der Waals surface area contributed by atoms with Gasteiger partial charge < -0.3 is 15.6 Å². The van der Waals surface area contributed by atoms with E-state index < -0.39 is 0 Å². The van der Waals surface area contributed by atoms with Crippen LogP contribution >= 0.6 is 0 Å². The molecular weight excluding hydrogens is 214 g/mol. The number of nitrogens with two attached hydrogens (primary N) is 1. The van der Waals surface area contributed by atoms with Crippen molar-refractivity contribution in [3.63, 3.8) is 0 Å². The van der Waals surface area contributed by atoms with E-state index in [1.54, 1.807) is 7.11 Å². The topological polar surface area (TPSA) is 55.5 Å². The molecule has 0 amide bonds. The highest BCUT2D eigenvalue weighted by atomic mass is 16.5. The molecule has 1 aromatic rings. The third kappa shape index (κ3) is 2.79. The van der Waals surface area contributed by atoms with E-state index in [9.17, 15) is 5.11 Å². The van der Waals surface area contributed by atoms with Gasteiger partial charge >= 0.3 is 0 Å². The molecule has 1 aromatic carbocycles. The molecule has 3 N–H and O–H groups in total. The van der Waals surface area contributed by atoms with Crippen LogP contribution in [-0.2, 0) is 5.41 Å². The Balaban J connectivity index is 3.25. The largest absolute Gasteiger partial charge is 0.496 e. The zero-order valence-electron chi connectivity index (χ0n) is 11.2. The van der Waals surface area contributed by atoms with Gasteiger partial charge in [0.1, 0.15) is 5.75 Å². The van der Waals surface area contributed by atoms with Crippen LogP contribution in [0.3, 0.4) is 0 Å². The quantitative estimate of drug-likeness (QED) is 0.824. The van der Waals surface area contributed by atoms with Gasteiger partial charge in [-0.2, -0.15) is 0 Å². The molecule has 0 saturated heterocycles. The number of aliphatic hydroxyl groups excluding tert-OH is 1. The molecule has 1 unspecified atom stereocenters. The first-order chi connectivity index (χ1) is 7.98. The molecule has 1 rings (SSSR count). The van der Waals surface area contributed by atoms with Gasteiger partial charge in [0.15, 0.2) is 0 Å². The van der Waals surface area contributed by atoms with Crippen molar-refractivity contribution >= 4 is 0 Å². The number of hydrogen-bond donors (Lipinski definition) is 2. The van der Waals surface area contributed by atoms with Crippen LogP contribution < -0.4 is 10.5 Å². The van der Waals surface area contributed by atoms with Crippen LogP contribution in [0.2, 0.25) is 0 Å². The molecule has 0 fully saturated rings. The van der Waals surface area contributed by atoms with Crippen LogP contribution in [0.25, 0.3) is 0 Å². The summed E-state index contributed by atoms with van der Waals surface area (Å²) in [4.78, 5) is 0. The number of rotatable bonds is 5. The SMILES string of the molecule is COc1ccc(C(C)(CN)CO)cc1C(C)C. The Morgan fingerprint density at radius 2 is 2.06 bits per heavy atom. The third-order valence-electron chi connectivity index (χ3n) is 3.35. The molecule has 3 nitrogen and oxygen atoms in total. The van der Waals surface area contributed by atoms with E-state index in [-0.39, 0.29) is 12.0 Å². The molecular formula is C14H23NO2. The number of hydrogen-bond acceptors (Lipinski definition) is 3. The van der Waals surface area contributed by atoms with Crippen molar-refractivity contribution in [2.75, 3.05) is 20.3 Å². The first-order valence-electron chi connectivity index (χ1n) is 5.98. The fraction of sp³-hybridized carbons (Fsp3) is 0.571. The summed E-state index contributed by atoms with van der Waals surface area (Å²) in [6.45, 7) is 6.69. The van der Waals surface area contributed by atoms with E-state index in [2.05, 4.69) is 19.9 Å². The summed E-state index contributed by atoms with van der Waals surface area (Å²) in [6.07, 6.45) is 0. The zero-order chi connectivity index (χ0) is 13.1. The molecule has 0 bridgehead atoms. The van der Waals surface area contributed by atoms with Gasteiger partial charge in [-0.1, -0.05) is 32.9 Å². The summed E-state index contributed by atoms with van der Waals surface area (Å²) < 4.78 is 5.35. The standard InChI is InChI=1S/C14H23NO2/c1-10(2)12-7-11(5-6-13(12)17-4)14(3,8-15)9-16/h5-7,10,16H,8-9,15H2,1-4H3. The Morgan fingerprint density at radius 1 is 1.41 bits per heavy atom. The number of ether oxygens (including phenoxy) is 1. The Bertz CT molecular complexity index is 370. The Hall–Kier alpha value is -1.06. The summed E-state index contributed by atoms with van der Waals surface area (Å²) in [7, 11) is 1.68. The van der Waals surface area contributed by atoms with Crippen LogP contribution in [0.5, 0.6) is 5.75 Å². The van der Waals surface area contributed by atoms with Crippen molar-refractivity contribution in [2.24, 2.45) is 5.73 Å². The lowest BCUT2D eigenvalue weighted by Crippen LogP contribution is -2.35. The highest BCUT2D eigenvalue weighted by Crippen LogP contribution is 2.31. The second-order valence-electron chi connectivity index (χ2n) is 5.03. The Labute approximate surface area is 104 Å². The highest BCUT2D eigenvalue weighted by Gasteiger charge is 2.25. The maximum absolute atomic E-state index is 9.48. The molecule has 17 heavy (non-hydrogen) atoms. The fourth-order valence-electron chi connectivity index (χ4n) is 1.83. The van der Waals surface area contributed by atoms with E-state index in [4.69, 9.17) is 10.5 Å². The van der Waals surface area contributed by atoms with Gasteiger partial charge in [-0.15, -0.1) is 0 Å². The predicted molar refractivity (Wildman–Crippen MR) is 70.6 cm³/mol. The van der Waals surface area contributed by atoms with E-state index in [0.29, 0.717) is 12.5 Å². The molecule has 96 valence electrons. The van der Waals surface area contributed by atoms with Crippen molar-refractivity contribution in [1.82, 2.24) is 0 Å². The lowest BCUT2D eigenvalue weighted by Gasteiger charge is -2.27. The van der Waals surface area contributed by atoms with Crippen LogP contribution in [0.1, 0.15) is 37.8 Å². The maximum Gasteiger partial charge on any atom is 0.122 e. The van der Waals surface area contributed by atoms with Crippen LogP contribution in [-0.4, -0.2) is 25.4 Å². The van der Waals surface area contributed by atoms with Gasteiger partial charge in [0, 0.05) is 12.0 Å². The Morgan fingerprint density at radius 3 is 2.47 bits per heavy atom. The van der Waals surface area contributed by atoms with E-state index in [0.717, 1.165) is 16.9 Å². The first-order valence-corrected chi connectivity index (χ1v) is 5.98. The van der Waals surface area contributed by atoms with Gasteiger partial charge in [-0.05, 0) is 23.1 Å². The summed E-state index contributed by atoms with van der Waals surface area (Å²) in [6, 6.07) is 6.02. The van der Waals surface area contributed by atoms with Crippen LogP contribution in [0.4, 0.5) is 0 Å². The van der Waals surface area contributed by atoms with E-state index in [1.165, 1.54) is 0 Å². The van der Waals surface area contributed by atoms with E-state index in [1.807, 2.05) is 19.1 Å². The Kier molecular flexibility index (Phi) is 4.54. The van der Waals surface area contributed by atoms with Crippen molar-refractivity contribution in [3.8, 4) is 5.75 Å². The summed E-state index contributed by atoms with van der Waals surface area (Å²) in [5, 5.41) is 9.48. The minimum atomic E-state index is -0.379. The average Bonchev–Trinajstić information content (AvgIpc) is 2.36. The minimum Gasteiger partial charge on any atom is -0.496 e. The predicted octanol–water partition coefficient (Wildman–Crippen LogP) is 2.03. The number of benzene rings is 1. The summed E-state index contributed by atoms with van der Waals surface area (Å²) in [5.41, 5.74) is 7.59. The molecule has 0 saturated carbocycles. The first kappa shape index (κ1) is 14.0. The highest BCUT2D eigenvalue weighted by molar-refractivity contribution is 5.42. The minimum absolute atomic E-state index is 0.0490. The molecule has 1 atom stereocenters. The molecule has 0 aliphatic heterocycles. The zero-order valence-corrected chi connectivity index (χ0v) is 11.2. The molecule has 3 heteroatoms. The van der Waals surface area contributed by atoms with Gasteiger partial charge in [0.25, 0.3) is 0 Å². The second-order valence-corrected chi connectivity index (χ2v) is 5.03. The van der Waals surface area contributed by atoms with Crippen LogP contribution in [0, 0.1) is 0 Å². The molecule has 0 radical (unpaired) electrons. The maximum atomic E-state index is 9.48. The third-order valence-corrected chi connectivity index (χ3v) is 3.35. The van der Waals surface area contributed by atoms with Gasteiger partial charge in [-0.3, -0.25) is 0 Å². The lowest BCUT2D eigenvalue weighted by atomic mass is 9.81. The van der Waals surface area contributed by atoms with Crippen molar-refractivity contribution in [3.05, 3.63) is 29.3 Å². The normalized spacial score (nSPS) is 14.8. The van der Waals surface area contributed by atoms with Gasteiger partial charge in [0.05, 0.1) is 13.7 Å². The molecule has 0 heterocycles. The molecule has 0 aromatic heterocycles. The number of methoxy groups -OCH3 is 1. The number of aliphatic hydroxyl groups is 1. The van der Waals surface area contributed by atoms with Gasteiger partial charge in [0.2, 0.25) is 0 Å². The second kappa shape index (κ2) is 5.52. The van der Waals surface area contributed by atoms with E-state index >= 15 is 0 Å². The molecule has 0 aliphatic carbocycles.